The molecule has 3 aromatic carbocycles. The minimum Gasteiger partial charge on any atom is -0.193 e. The lowest BCUT2D eigenvalue weighted by Gasteiger charge is -2.05. The van der Waals surface area contributed by atoms with Crippen LogP contribution in [-0.4, -0.2) is 0 Å². The second kappa shape index (κ2) is 3.12. The summed E-state index contributed by atoms with van der Waals surface area (Å²) in [5.74, 6) is 0. The molecule has 2 heterocycles. The molecule has 0 N–H and O–H groups in total. The molecule has 0 saturated carbocycles. The number of fused-ring (bicyclic) bond motifs is 3. The van der Waals surface area contributed by atoms with Crippen molar-refractivity contribution >= 4 is 32.4 Å². The average molecular weight is 242 g/mol. The van der Waals surface area contributed by atoms with Gasteiger partial charge in [-0.15, -0.1) is 0 Å². The van der Waals surface area contributed by atoms with Gasteiger partial charge in [0.15, 0.2) is 12.7 Å². The highest BCUT2D eigenvalue weighted by Gasteiger charge is 2.25. The number of aromatic nitrogens is 1. The molecule has 88 valence electrons. The summed E-state index contributed by atoms with van der Waals surface area (Å²) >= 11 is 0. The summed E-state index contributed by atoms with van der Waals surface area (Å²) in [6.07, 6.45) is 2.19. The fourth-order valence-electron chi connectivity index (χ4n) is 3.55. The smallest absolute Gasteiger partial charge is 0.193 e. The molecule has 1 heteroatoms. The van der Waals surface area contributed by atoms with Crippen molar-refractivity contribution in [2.75, 3.05) is 0 Å². The zero-order valence-corrected chi connectivity index (χ0v) is 10.4. The van der Waals surface area contributed by atoms with Crippen molar-refractivity contribution in [1.29, 1.82) is 0 Å². The van der Waals surface area contributed by atoms with Crippen LogP contribution in [0.5, 0.6) is 0 Å². The third kappa shape index (κ3) is 1.04. The van der Waals surface area contributed by atoms with E-state index in [1.54, 1.807) is 0 Å². The van der Waals surface area contributed by atoms with Crippen LogP contribution in [0.3, 0.4) is 0 Å². The molecule has 0 aliphatic carbocycles. The van der Waals surface area contributed by atoms with Gasteiger partial charge < -0.3 is 0 Å². The molecular weight excluding hydrogens is 230 g/mol. The van der Waals surface area contributed by atoms with Gasteiger partial charge in [0.05, 0.1) is 10.8 Å². The van der Waals surface area contributed by atoms with E-state index in [0.717, 1.165) is 6.54 Å². The number of hydrogen-bond acceptors (Lipinski definition) is 0. The van der Waals surface area contributed by atoms with Crippen molar-refractivity contribution in [2.45, 2.75) is 6.54 Å². The molecule has 4 aromatic rings. The number of rotatable bonds is 0. The van der Waals surface area contributed by atoms with Gasteiger partial charge in [-0.3, -0.25) is 0 Å². The molecule has 19 heavy (non-hydrogen) atoms. The Morgan fingerprint density at radius 3 is 2.32 bits per heavy atom. The maximum Gasteiger partial charge on any atom is 0.221 e. The summed E-state index contributed by atoms with van der Waals surface area (Å²) in [5, 5.41) is 6.93. The van der Waals surface area contributed by atoms with Crippen molar-refractivity contribution < 1.29 is 4.57 Å². The van der Waals surface area contributed by atoms with Crippen LogP contribution in [-0.2, 0) is 6.54 Å². The Bertz CT molecular complexity index is 903. The molecule has 5 rings (SSSR count). The molecule has 0 unspecified atom stereocenters. The maximum atomic E-state index is 2.37. The van der Waals surface area contributed by atoms with Crippen LogP contribution in [0.2, 0.25) is 0 Å². The summed E-state index contributed by atoms with van der Waals surface area (Å²) in [4.78, 5) is 0. The SMILES string of the molecule is c1ccc2c(c1)c1cccc3c1c1c2ccc[n+]1C3. The topological polar surface area (TPSA) is 3.88 Å². The van der Waals surface area contributed by atoms with E-state index in [4.69, 9.17) is 0 Å². The van der Waals surface area contributed by atoms with Crippen LogP contribution in [0.15, 0.2) is 60.8 Å². The molecule has 0 atom stereocenters. The van der Waals surface area contributed by atoms with E-state index in [9.17, 15) is 0 Å². The second-order valence-corrected chi connectivity index (χ2v) is 5.28. The largest absolute Gasteiger partial charge is 0.221 e. The Kier molecular flexibility index (Phi) is 1.56. The highest BCUT2D eigenvalue weighted by Crippen LogP contribution is 2.37. The average Bonchev–Trinajstić information content (AvgIpc) is 2.86. The molecule has 1 aliphatic heterocycles. The molecule has 0 saturated heterocycles. The molecule has 0 spiro atoms. The lowest BCUT2D eigenvalue weighted by molar-refractivity contribution is -0.657. The van der Waals surface area contributed by atoms with Crippen LogP contribution in [0.25, 0.3) is 32.4 Å². The van der Waals surface area contributed by atoms with Crippen molar-refractivity contribution in [3.63, 3.8) is 0 Å². The molecule has 0 amide bonds. The third-order valence-corrected chi connectivity index (χ3v) is 4.31. The van der Waals surface area contributed by atoms with E-state index in [1.165, 1.54) is 38.0 Å². The lowest BCUT2D eigenvalue weighted by Crippen LogP contribution is -2.30. The monoisotopic (exact) mass is 242 g/mol. The first-order valence-electron chi connectivity index (χ1n) is 6.68. The predicted molar refractivity (Wildman–Crippen MR) is 78.3 cm³/mol. The summed E-state index contributed by atoms with van der Waals surface area (Å²) in [6.45, 7) is 1.00. The van der Waals surface area contributed by atoms with Gasteiger partial charge in [0.25, 0.3) is 0 Å². The van der Waals surface area contributed by atoms with Crippen LogP contribution in [0.4, 0.5) is 0 Å². The third-order valence-electron chi connectivity index (χ3n) is 4.31. The first kappa shape index (κ1) is 9.51. The van der Waals surface area contributed by atoms with Gasteiger partial charge in [-0.25, -0.2) is 0 Å². The van der Waals surface area contributed by atoms with E-state index < -0.39 is 0 Å². The fraction of sp³-hybridized carbons (Fsp3) is 0.0556. The highest BCUT2D eigenvalue weighted by molar-refractivity contribution is 6.24. The van der Waals surface area contributed by atoms with Crippen molar-refractivity contribution in [1.82, 2.24) is 0 Å². The van der Waals surface area contributed by atoms with Gasteiger partial charge in [-0.2, -0.15) is 4.57 Å². The van der Waals surface area contributed by atoms with Crippen molar-refractivity contribution in [3.8, 4) is 0 Å². The lowest BCUT2D eigenvalue weighted by atomic mass is 9.96. The first-order chi connectivity index (χ1) is 9.43. The standard InChI is InChI=1S/C18H12N/c1-2-7-14-13(6-1)15-8-3-5-12-11-19-10-4-9-16(14)18(19)17(12)15/h1-10H,11H2/q+1. The van der Waals surface area contributed by atoms with Gasteiger partial charge in [0, 0.05) is 11.6 Å². The second-order valence-electron chi connectivity index (χ2n) is 5.28. The van der Waals surface area contributed by atoms with Crippen LogP contribution in [0, 0.1) is 0 Å². The maximum absolute atomic E-state index is 2.37. The quantitative estimate of drug-likeness (QED) is 0.287. The summed E-state index contributed by atoms with van der Waals surface area (Å²) < 4.78 is 2.37. The van der Waals surface area contributed by atoms with E-state index >= 15 is 0 Å². The molecule has 1 aromatic heterocycles. The van der Waals surface area contributed by atoms with Gasteiger partial charge in [-0.05, 0) is 22.2 Å². The molecule has 1 nitrogen and oxygen atoms in total. The van der Waals surface area contributed by atoms with E-state index in [-0.39, 0.29) is 0 Å². The van der Waals surface area contributed by atoms with Crippen LogP contribution >= 0.6 is 0 Å². The molecular formula is C18H12N+. The number of benzene rings is 3. The number of hydrogen-bond donors (Lipinski definition) is 0. The molecule has 1 aliphatic rings. The Balaban J connectivity index is 2.28. The number of pyridine rings is 1. The molecule has 0 fully saturated rings. The zero-order chi connectivity index (χ0) is 12.4. The van der Waals surface area contributed by atoms with Crippen LogP contribution in [0.1, 0.15) is 5.56 Å². The van der Waals surface area contributed by atoms with Gasteiger partial charge in [0.1, 0.15) is 0 Å². The van der Waals surface area contributed by atoms with Gasteiger partial charge in [-0.1, -0.05) is 42.5 Å². The minimum atomic E-state index is 1.00. The first-order valence-corrected chi connectivity index (χ1v) is 6.68. The fourth-order valence-corrected chi connectivity index (χ4v) is 3.55. The van der Waals surface area contributed by atoms with Crippen molar-refractivity contribution in [2.24, 2.45) is 0 Å². The van der Waals surface area contributed by atoms with Crippen molar-refractivity contribution in [3.05, 3.63) is 66.4 Å². The molecule has 0 radical (unpaired) electrons. The van der Waals surface area contributed by atoms with E-state index in [1.807, 2.05) is 0 Å². The van der Waals surface area contributed by atoms with E-state index in [2.05, 4.69) is 65.4 Å². The Morgan fingerprint density at radius 1 is 0.684 bits per heavy atom. The zero-order valence-electron chi connectivity index (χ0n) is 10.4. The summed E-state index contributed by atoms with van der Waals surface area (Å²) in [6, 6.07) is 19.8. The summed E-state index contributed by atoms with van der Waals surface area (Å²) in [7, 11) is 0. The Morgan fingerprint density at radius 2 is 1.42 bits per heavy atom. The summed E-state index contributed by atoms with van der Waals surface area (Å²) in [5.41, 5.74) is 2.84. The van der Waals surface area contributed by atoms with Gasteiger partial charge >= 0.3 is 0 Å². The Labute approximate surface area is 110 Å². The Hall–Kier alpha value is -2.41. The van der Waals surface area contributed by atoms with E-state index in [0.29, 0.717) is 0 Å². The molecule has 0 bridgehead atoms. The highest BCUT2D eigenvalue weighted by atomic mass is 15.0. The van der Waals surface area contributed by atoms with Gasteiger partial charge in [0.2, 0.25) is 5.52 Å². The van der Waals surface area contributed by atoms with Crippen LogP contribution < -0.4 is 4.57 Å². The predicted octanol–water partition coefficient (Wildman–Crippen LogP) is 3.80. The normalized spacial score (nSPS) is 13.1. The minimum absolute atomic E-state index is 1.00. The number of nitrogens with zero attached hydrogens (tertiary/aromatic N) is 1.